The minimum Gasteiger partial charge on any atom is -0.379 e. The molecular weight excluding hydrogens is 265 g/mol. The Kier molecular flexibility index (Phi) is 3.49. The lowest BCUT2D eigenvalue weighted by atomic mass is 10.5. The molecule has 1 aromatic heterocycles. The van der Waals surface area contributed by atoms with Gasteiger partial charge in [-0.15, -0.1) is 11.3 Å². The summed E-state index contributed by atoms with van der Waals surface area (Å²) in [6, 6.07) is 0. The maximum Gasteiger partial charge on any atom is 0.370 e. The van der Waals surface area contributed by atoms with Gasteiger partial charge >= 0.3 is 5.97 Å². The minimum absolute atomic E-state index is 0.176. The molecule has 12 heavy (non-hydrogen) atoms. The summed E-state index contributed by atoms with van der Waals surface area (Å²) in [7, 11) is 0. The molecule has 66 valence electrons. The van der Waals surface area contributed by atoms with E-state index in [1.54, 1.807) is 0 Å². The minimum atomic E-state index is -0.559. The molecule has 0 fully saturated rings. The fourth-order valence-corrected chi connectivity index (χ4v) is 1.91. The zero-order valence-corrected chi connectivity index (χ0v) is 9.29. The van der Waals surface area contributed by atoms with Crippen LogP contribution in [0.15, 0.2) is 0 Å². The number of thiazole rings is 1. The number of hydrogen-bond donors (Lipinski definition) is 0. The predicted molar refractivity (Wildman–Crippen MR) is 50.8 cm³/mol. The Morgan fingerprint density at radius 3 is 2.92 bits per heavy atom. The number of carbonyl (C=O) groups is 1. The Labute approximate surface area is 87.2 Å². The molecule has 0 spiro atoms. The van der Waals surface area contributed by atoms with E-state index in [2.05, 4.69) is 25.1 Å². The van der Waals surface area contributed by atoms with Crippen molar-refractivity contribution in [1.82, 2.24) is 4.98 Å². The van der Waals surface area contributed by atoms with Crippen LogP contribution in [0.5, 0.6) is 0 Å². The third-order valence-corrected chi connectivity index (χ3v) is 2.89. The quantitative estimate of drug-likeness (QED) is 0.829. The fraction of sp³-hybridized carbons (Fsp3) is 0.333. The Bertz CT molecular complexity index is 302. The van der Waals surface area contributed by atoms with E-state index in [4.69, 9.17) is 11.6 Å². The number of carbonyl (C=O) groups excluding carboxylic acids is 1. The maximum atomic E-state index is 11.0. The van der Waals surface area contributed by atoms with Crippen molar-refractivity contribution in [2.75, 3.05) is 0 Å². The van der Waals surface area contributed by atoms with Crippen molar-refractivity contribution < 1.29 is 8.62 Å². The van der Waals surface area contributed by atoms with Gasteiger partial charge in [0.2, 0.25) is 0 Å². The van der Waals surface area contributed by atoms with Gasteiger partial charge in [0.05, 0.1) is 5.01 Å². The summed E-state index contributed by atoms with van der Waals surface area (Å²) in [5.41, 5.74) is 0.176. The van der Waals surface area contributed by atoms with E-state index < -0.39 is 5.97 Å². The molecule has 0 atom stereocenters. The highest BCUT2D eigenvalue weighted by Crippen LogP contribution is 2.25. The number of hydrogen-bond acceptors (Lipinski definition) is 4. The summed E-state index contributed by atoms with van der Waals surface area (Å²) in [5.74, 6) is -0.559. The monoisotopic (exact) mass is 269 g/mol. The second-order valence-corrected chi connectivity index (χ2v) is 3.96. The van der Waals surface area contributed by atoms with Gasteiger partial charge < -0.3 is 3.83 Å². The molecule has 0 saturated heterocycles. The number of halogens is 2. The lowest BCUT2D eigenvalue weighted by Crippen LogP contribution is -1.98. The number of aryl methyl sites for hydroxylation is 1. The predicted octanol–water partition coefficient (Wildman–Crippen LogP) is 2.83. The molecule has 0 aliphatic rings. The molecule has 0 aliphatic carbocycles. The first-order chi connectivity index (χ1) is 5.69. The summed E-state index contributed by atoms with van der Waals surface area (Å²) in [4.78, 5) is 14.9. The molecular formula is C6H5BrClNO2S. The van der Waals surface area contributed by atoms with Crippen LogP contribution in [0.1, 0.15) is 22.4 Å². The molecule has 0 N–H and O–H groups in total. The van der Waals surface area contributed by atoms with E-state index in [0.717, 1.165) is 11.4 Å². The van der Waals surface area contributed by atoms with Crippen LogP contribution in [-0.2, 0) is 10.2 Å². The Hall–Kier alpha value is -0.130. The van der Waals surface area contributed by atoms with E-state index in [1.807, 2.05) is 6.92 Å². The fourth-order valence-electron chi connectivity index (χ4n) is 0.657. The lowest BCUT2D eigenvalue weighted by Gasteiger charge is -1.89. The average molecular weight is 271 g/mol. The molecule has 0 aromatic carbocycles. The Balaban J connectivity index is 2.99. The SMILES string of the molecule is CCc1nc(C(=O)OBr)c(Cl)s1. The highest BCUT2D eigenvalue weighted by molar-refractivity contribution is 9.06. The normalized spacial score (nSPS) is 9.92. The standard InChI is InChI=1S/C6H5BrClNO2S/c1-2-3-9-4(5(8)12-3)6(10)11-7/h2H2,1H3. The summed E-state index contributed by atoms with van der Waals surface area (Å²) in [5, 5.41) is 0.827. The summed E-state index contributed by atoms with van der Waals surface area (Å²) in [6.45, 7) is 1.94. The third kappa shape index (κ3) is 1.97. The van der Waals surface area contributed by atoms with Crippen LogP contribution in [0.4, 0.5) is 0 Å². The van der Waals surface area contributed by atoms with Gasteiger partial charge in [-0.05, 0) is 6.42 Å². The zero-order valence-electron chi connectivity index (χ0n) is 6.13. The molecule has 0 bridgehead atoms. The average Bonchev–Trinajstić information content (AvgIpc) is 2.45. The molecule has 0 amide bonds. The van der Waals surface area contributed by atoms with Crippen molar-refractivity contribution in [1.29, 1.82) is 0 Å². The summed E-state index contributed by atoms with van der Waals surface area (Å²) in [6.07, 6.45) is 0.764. The second kappa shape index (κ2) is 4.20. The molecule has 3 nitrogen and oxygen atoms in total. The van der Waals surface area contributed by atoms with E-state index in [1.165, 1.54) is 11.3 Å². The molecule has 1 rings (SSSR count). The van der Waals surface area contributed by atoms with Crippen LogP contribution in [0.3, 0.4) is 0 Å². The summed E-state index contributed by atoms with van der Waals surface area (Å²) < 4.78 is 4.68. The maximum absolute atomic E-state index is 11.0. The molecule has 0 unspecified atom stereocenters. The van der Waals surface area contributed by atoms with Crippen molar-refractivity contribution in [3.05, 3.63) is 15.0 Å². The number of rotatable bonds is 2. The first-order valence-electron chi connectivity index (χ1n) is 3.17. The Morgan fingerprint density at radius 1 is 1.83 bits per heavy atom. The molecule has 0 saturated carbocycles. The van der Waals surface area contributed by atoms with Gasteiger partial charge in [-0.3, -0.25) is 0 Å². The number of aromatic nitrogens is 1. The topological polar surface area (TPSA) is 39.2 Å². The molecule has 1 heterocycles. The van der Waals surface area contributed by atoms with Crippen LogP contribution in [0.25, 0.3) is 0 Å². The zero-order chi connectivity index (χ0) is 9.14. The van der Waals surface area contributed by atoms with Crippen LogP contribution in [-0.4, -0.2) is 11.0 Å². The molecule has 1 aromatic rings. The van der Waals surface area contributed by atoms with Crippen LogP contribution >= 0.6 is 39.2 Å². The van der Waals surface area contributed by atoms with E-state index in [0.29, 0.717) is 4.34 Å². The summed E-state index contributed by atoms with van der Waals surface area (Å²) >= 11 is 9.60. The first-order valence-corrected chi connectivity index (χ1v) is 5.01. The van der Waals surface area contributed by atoms with Crippen LogP contribution in [0.2, 0.25) is 4.34 Å². The van der Waals surface area contributed by atoms with Gasteiger partial charge in [0, 0.05) is 0 Å². The van der Waals surface area contributed by atoms with Gasteiger partial charge in [-0.1, -0.05) is 18.5 Å². The Morgan fingerprint density at radius 2 is 2.50 bits per heavy atom. The van der Waals surface area contributed by atoms with Gasteiger partial charge in [0.15, 0.2) is 22.0 Å². The van der Waals surface area contributed by atoms with E-state index in [-0.39, 0.29) is 5.69 Å². The first kappa shape index (κ1) is 9.95. The van der Waals surface area contributed by atoms with Crippen molar-refractivity contribution >= 4 is 45.2 Å². The van der Waals surface area contributed by atoms with E-state index in [9.17, 15) is 4.79 Å². The van der Waals surface area contributed by atoms with Crippen molar-refractivity contribution in [3.8, 4) is 0 Å². The van der Waals surface area contributed by atoms with Crippen molar-refractivity contribution in [2.45, 2.75) is 13.3 Å². The molecule has 6 heteroatoms. The van der Waals surface area contributed by atoms with Gasteiger partial charge in [0.25, 0.3) is 0 Å². The van der Waals surface area contributed by atoms with Crippen molar-refractivity contribution in [3.63, 3.8) is 0 Å². The highest BCUT2D eigenvalue weighted by Gasteiger charge is 2.16. The second-order valence-electron chi connectivity index (χ2n) is 1.95. The van der Waals surface area contributed by atoms with Crippen LogP contribution in [0, 0.1) is 0 Å². The van der Waals surface area contributed by atoms with Crippen LogP contribution < -0.4 is 0 Å². The van der Waals surface area contributed by atoms with Gasteiger partial charge in [0.1, 0.15) is 4.34 Å². The largest absolute Gasteiger partial charge is 0.379 e. The highest BCUT2D eigenvalue weighted by atomic mass is 79.9. The molecule has 0 radical (unpaired) electrons. The van der Waals surface area contributed by atoms with Gasteiger partial charge in [-0.25, -0.2) is 9.78 Å². The lowest BCUT2D eigenvalue weighted by molar-refractivity contribution is 0.0777. The molecule has 0 aliphatic heterocycles. The number of nitrogens with zero attached hydrogens (tertiary/aromatic N) is 1. The smallest absolute Gasteiger partial charge is 0.370 e. The van der Waals surface area contributed by atoms with Crippen molar-refractivity contribution in [2.24, 2.45) is 0 Å². The van der Waals surface area contributed by atoms with E-state index >= 15 is 0 Å². The van der Waals surface area contributed by atoms with Gasteiger partial charge in [-0.2, -0.15) is 0 Å². The third-order valence-electron chi connectivity index (χ3n) is 1.20.